The molecule has 0 fully saturated rings. The molecule has 3 aromatic rings. The Bertz CT molecular complexity index is 1070. The molecule has 2 heterocycles. The van der Waals surface area contributed by atoms with Gasteiger partial charge in [-0.05, 0) is 69.0 Å². The van der Waals surface area contributed by atoms with Crippen molar-refractivity contribution in [1.29, 1.82) is 0 Å². The number of pyridine rings is 1. The number of halogens is 1. The summed E-state index contributed by atoms with van der Waals surface area (Å²) in [5.74, 6) is -0.537. The van der Waals surface area contributed by atoms with Gasteiger partial charge >= 0.3 is 6.09 Å². The van der Waals surface area contributed by atoms with Gasteiger partial charge in [0.2, 0.25) is 0 Å². The highest BCUT2D eigenvalue weighted by Crippen LogP contribution is 2.39. The first-order valence-corrected chi connectivity index (χ1v) is 10.3. The zero-order valence-electron chi connectivity index (χ0n) is 18.7. The number of methoxy groups -OCH3 is 1. The van der Waals surface area contributed by atoms with Crippen molar-refractivity contribution in [2.24, 2.45) is 5.73 Å². The molecule has 0 bridgehead atoms. The number of aryl methyl sites for hydroxylation is 1. The Morgan fingerprint density at radius 1 is 1.23 bits per heavy atom. The molecule has 7 heteroatoms. The number of carbonyl (C=O) groups is 1. The van der Waals surface area contributed by atoms with Crippen molar-refractivity contribution in [2.75, 3.05) is 13.7 Å². The number of nitrogens with two attached hydrogens (primary N) is 1. The highest BCUT2D eigenvalue weighted by Gasteiger charge is 2.36. The number of amides is 1. The van der Waals surface area contributed by atoms with E-state index in [4.69, 9.17) is 15.2 Å². The van der Waals surface area contributed by atoms with Gasteiger partial charge in [-0.3, -0.25) is 4.98 Å². The normalized spacial score (nSPS) is 12.8. The van der Waals surface area contributed by atoms with Gasteiger partial charge < -0.3 is 19.8 Å². The number of fused-ring (bicyclic) bond motifs is 1. The molecule has 0 aliphatic heterocycles. The lowest BCUT2D eigenvalue weighted by Crippen LogP contribution is -2.38. The predicted octanol–water partition coefficient (Wildman–Crippen LogP) is 4.64. The average molecular weight is 428 g/mol. The molecule has 2 N–H and O–H groups in total. The molecule has 0 aliphatic carbocycles. The Morgan fingerprint density at radius 2 is 1.90 bits per heavy atom. The molecule has 1 amide bonds. The lowest BCUT2D eigenvalue weighted by Gasteiger charge is -2.34. The monoisotopic (exact) mass is 427 g/mol. The zero-order valence-corrected chi connectivity index (χ0v) is 18.7. The van der Waals surface area contributed by atoms with Gasteiger partial charge in [-0.25, -0.2) is 9.18 Å². The number of aromatic nitrogens is 2. The van der Waals surface area contributed by atoms with Crippen LogP contribution in [0, 0.1) is 19.7 Å². The van der Waals surface area contributed by atoms with Crippen LogP contribution < -0.4 is 5.73 Å². The number of benzene rings is 1. The molecule has 0 radical (unpaired) electrons. The van der Waals surface area contributed by atoms with E-state index in [1.807, 2.05) is 19.9 Å². The number of ether oxygens (including phenoxy) is 2. The maximum absolute atomic E-state index is 13.5. The van der Waals surface area contributed by atoms with Crippen LogP contribution in [0.2, 0.25) is 0 Å². The van der Waals surface area contributed by atoms with Crippen LogP contribution in [0.5, 0.6) is 0 Å². The van der Waals surface area contributed by atoms with E-state index >= 15 is 0 Å². The molecule has 1 unspecified atom stereocenters. The Kier molecular flexibility index (Phi) is 6.65. The van der Waals surface area contributed by atoms with Crippen molar-refractivity contribution in [2.45, 2.75) is 52.2 Å². The van der Waals surface area contributed by atoms with Crippen LogP contribution in [-0.2, 0) is 22.4 Å². The Labute approximate surface area is 182 Å². The first-order chi connectivity index (χ1) is 14.7. The van der Waals surface area contributed by atoms with Crippen molar-refractivity contribution in [3.05, 3.63) is 64.7 Å². The maximum atomic E-state index is 13.5. The quantitative estimate of drug-likeness (QED) is 0.568. The van der Waals surface area contributed by atoms with Crippen LogP contribution in [0.25, 0.3) is 11.0 Å². The molecule has 2 aromatic heterocycles. The molecule has 0 spiro atoms. The number of primary amides is 1. The highest BCUT2D eigenvalue weighted by atomic mass is 19.1. The van der Waals surface area contributed by atoms with Crippen LogP contribution in [0.15, 0.2) is 36.5 Å². The van der Waals surface area contributed by atoms with Gasteiger partial charge in [0.1, 0.15) is 11.4 Å². The third kappa shape index (κ3) is 4.71. The minimum absolute atomic E-state index is 0.244. The fourth-order valence-electron chi connectivity index (χ4n) is 4.23. The van der Waals surface area contributed by atoms with Crippen molar-refractivity contribution in [3.63, 3.8) is 0 Å². The van der Waals surface area contributed by atoms with E-state index in [-0.39, 0.29) is 11.7 Å². The number of hydrogen-bond donors (Lipinski definition) is 1. The first-order valence-electron chi connectivity index (χ1n) is 10.3. The third-order valence-corrected chi connectivity index (χ3v) is 5.98. The van der Waals surface area contributed by atoms with Gasteiger partial charge in [-0.15, -0.1) is 0 Å². The van der Waals surface area contributed by atoms with Crippen molar-refractivity contribution < 1.29 is 18.7 Å². The maximum Gasteiger partial charge on any atom is 0.405 e. The van der Waals surface area contributed by atoms with Crippen LogP contribution in [0.1, 0.15) is 42.1 Å². The smallest absolute Gasteiger partial charge is 0.405 e. The van der Waals surface area contributed by atoms with E-state index in [0.29, 0.717) is 19.6 Å². The molecular formula is C24H30FN3O3. The number of nitrogens with zero attached hydrogens (tertiary/aromatic N) is 2. The number of rotatable bonds is 8. The standard InChI is InChI=1S/C24H30FN3O3/c1-15-16(2)28(12-13-30-5)22-19(10-11-27-21(15)22)20(24(3,4)31-23(26)29)14-17-6-8-18(25)9-7-17/h6-11,20H,12-14H2,1-5H3,(H2,26,29). The molecule has 0 saturated carbocycles. The van der Waals surface area contributed by atoms with Crippen molar-refractivity contribution in [3.8, 4) is 0 Å². The largest absolute Gasteiger partial charge is 0.443 e. The predicted molar refractivity (Wildman–Crippen MR) is 119 cm³/mol. The molecule has 6 nitrogen and oxygen atoms in total. The van der Waals surface area contributed by atoms with Crippen molar-refractivity contribution in [1.82, 2.24) is 9.55 Å². The third-order valence-electron chi connectivity index (χ3n) is 5.98. The topological polar surface area (TPSA) is 79.4 Å². The Balaban J connectivity index is 2.21. The summed E-state index contributed by atoms with van der Waals surface area (Å²) in [6.07, 6.45) is 1.48. The second kappa shape index (κ2) is 9.06. The minimum Gasteiger partial charge on any atom is -0.443 e. The van der Waals surface area contributed by atoms with E-state index < -0.39 is 11.7 Å². The van der Waals surface area contributed by atoms with E-state index in [9.17, 15) is 9.18 Å². The Morgan fingerprint density at radius 3 is 2.52 bits per heavy atom. The van der Waals surface area contributed by atoms with Crippen molar-refractivity contribution >= 4 is 17.1 Å². The van der Waals surface area contributed by atoms with Gasteiger partial charge in [0.05, 0.1) is 17.6 Å². The summed E-state index contributed by atoms with van der Waals surface area (Å²) in [5.41, 5.74) is 10.5. The molecule has 31 heavy (non-hydrogen) atoms. The van der Waals surface area contributed by atoms with E-state index in [1.54, 1.807) is 25.4 Å². The van der Waals surface area contributed by atoms with E-state index in [1.165, 1.54) is 12.1 Å². The fourth-order valence-corrected chi connectivity index (χ4v) is 4.23. The molecule has 3 rings (SSSR count). The molecule has 0 aliphatic rings. The molecular weight excluding hydrogens is 397 g/mol. The molecule has 1 atom stereocenters. The Hall–Kier alpha value is -2.93. The summed E-state index contributed by atoms with van der Waals surface area (Å²) >= 11 is 0. The zero-order chi connectivity index (χ0) is 22.8. The van der Waals surface area contributed by atoms with Crippen LogP contribution in [0.4, 0.5) is 9.18 Å². The average Bonchev–Trinajstić information content (AvgIpc) is 2.95. The highest BCUT2D eigenvalue weighted by molar-refractivity contribution is 5.85. The number of hydrogen-bond acceptors (Lipinski definition) is 4. The number of carbonyl (C=O) groups excluding carboxylic acids is 1. The van der Waals surface area contributed by atoms with Gasteiger partial charge in [0.25, 0.3) is 0 Å². The summed E-state index contributed by atoms with van der Waals surface area (Å²) in [6.45, 7) is 9.04. The second-order valence-electron chi connectivity index (χ2n) is 8.36. The summed E-state index contributed by atoms with van der Waals surface area (Å²) < 4.78 is 26.6. The SMILES string of the molecule is COCCn1c(C)c(C)c2nccc(C(Cc3ccc(F)cc3)C(C)(C)OC(N)=O)c21. The van der Waals surface area contributed by atoms with Gasteiger partial charge in [-0.2, -0.15) is 0 Å². The lowest BCUT2D eigenvalue weighted by atomic mass is 9.79. The summed E-state index contributed by atoms with van der Waals surface area (Å²) in [6, 6.07) is 8.34. The lowest BCUT2D eigenvalue weighted by molar-refractivity contribution is 0.0239. The second-order valence-corrected chi connectivity index (χ2v) is 8.36. The fraction of sp³-hybridized carbons (Fsp3) is 0.417. The van der Waals surface area contributed by atoms with E-state index in [2.05, 4.69) is 23.4 Å². The summed E-state index contributed by atoms with van der Waals surface area (Å²) in [7, 11) is 1.67. The van der Waals surface area contributed by atoms with Gasteiger partial charge in [0, 0.05) is 31.5 Å². The van der Waals surface area contributed by atoms with Crippen LogP contribution in [-0.4, -0.2) is 35.0 Å². The first kappa shape index (κ1) is 22.7. The minimum atomic E-state index is -0.910. The van der Waals surface area contributed by atoms with Gasteiger partial charge in [-0.1, -0.05) is 12.1 Å². The summed E-state index contributed by atoms with van der Waals surface area (Å²) in [5, 5.41) is 0. The van der Waals surface area contributed by atoms with Crippen LogP contribution in [0.3, 0.4) is 0 Å². The molecule has 166 valence electrons. The van der Waals surface area contributed by atoms with Gasteiger partial charge in [0.15, 0.2) is 0 Å². The van der Waals surface area contributed by atoms with E-state index in [0.717, 1.165) is 33.4 Å². The van der Waals surface area contributed by atoms with Crippen LogP contribution >= 0.6 is 0 Å². The summed E-state index contributed by atoms with van der Waals surface area (Å²) in [4.78, 5) is 16.3. The molecule has 0 saturated heterocycles. The molecule has 1 aromatic carbocycles.